The van der Waals surface area contributed by atoms with E-state index in [2.05, 4.69) is 0 Å². The van der Waals surface area contributed by atoms with Gasteiger partial charge in [0.05, 0.1) is 18.8 Å². The summed E-state index contributed by atoms with van der Waals surface area (Å²) >= 11 is 0. The molecule has 164 valence electrons. The Morgan fingerprint density at radius 1 is 1.13 bits per heavy atom. The summed E-state index contributed by atoms with van der Waals surface area (Å²) in [7, 11) is 0. The Morgan fingerprint density at radius 3 is 2.40 bits per heavy atom. The van der Waals surface area contributed by atoms with Crippen LogP contribution in [0.3, 0.4) is 0 Å². The molecule has 30 heavy (non-hydrogen) atoms. The van der Waals surface area contributed by atoms with Crippen molar-refractivity contribution in [1.29, 1.82) is 0 Å². The molecule has 0 bridgehead atoms. The van der Waals surface area contributed by atoms with Gasteiger partial charge in [0, 0.05) is 6.54 Å². The predicted octanol–water partition coefficient (Wildman–Crippen LogP) is 5.31. The minimum Gasteiger partial charge on any atom is -0.444 e. The van der Waals surface area contributed by atoms with Gasteiger partial charge >= 0.3 is 6.09 Å². The van der Waals surface area contributed by atoms with Crippen molar-refractivity contribution in [2.75, 3.05) is 6.54 Å². The molecule has 1 aliphatic heterocycles. The van der Waals surface area contributed by atoms with Gasteiger partial charge in [-0.25, -0.2) is 4.79 Å². The van der Waals surface area contributed by atoms with Crippen molar-refractivity contribution in [2.24, 2.45) is 0 Å². The third-order valence-electron chi connectivity index (χ3n) is 4.94. The molecule has 0 aliphatic carbocycles. The highest BCUT2D eigenvalue weighted by Gasteiger charge is 2.37. The largest absolute Gasteiger partial charge is 0.444 e. The maximum atomic E-state index is 12.6. The van der Waals surface area contributed by atoms with Crippen LogP contribution < -0.4 is 0 Å². The van der Waals surface area contributed by atoms with Gasteiger partial charge in [0.15, 0.2) is 0 Å². The topological polar surface area (TPSA) is 70.0 Å². The Hall–Kier alpha value is -2.37. The Balaban J connectivity index is 0.00000155. The van der Waals surface area contributed by atoms with E-state index in [-0.39, 0.29) is 12.6 Å². The van der Waals surface area contributed by atoms with Gasteiger partial charge in [0.2, 0.25) is 0 Å². The van der Waals surface area contributed by atoms with E-state index < -0.39 is 17.8 Å². The summed E-state index contributed by atoms with van der Waals surface area (Å²) in [5, 5.41) is 20.8. The first kappa shape index (κ1) is 23.9. The van der Waals surface area contributed by atoms with E-state index in [0.717, 1.165) is 23.1 Å². The summed E-state index contributed by atoms with van der Waals surface area (Å²) in [4.78, 5) is 14.2. The number of aliphatic hydroxyl groups excluding tert-OH is 2. The fourth-order valence-electron chi connectivity index (χ4n) is 3.67. The highest BCUT2D eigenvalue weighted by atomic mass is 16.6. The number of benzene rings is 2. The van der Waals surface area contributed by atoms with Gasteiger partial charge in [-0.15, -0.1) is 0 Å². The van der Waals surface area contributed by atoms with E-state index >= 15 is 0 Å². The van der Waals surface area contributed by atoms with Gasteiger partial charge in [-0.1, -0.05) is 50.2 Å². The van der Waals surface area contributed by atoms with Crippen molar-refractivity contribution in [1.82, 2.24) is 4.90 Å². The predicted molar refractivity (Wildman–Crippen MR) is 120 cm³/mol. The van der Waals surface area contributed by atoms with Crippen LogP contribution in [0.5, 0.6) is 0 Å². The van der Waals surface area contributed by atoms with Gasteiger partial charge in [0.1, 0.15) is 5.60 Å². The van der Waals surface area contributed by atoms with Crippen LogP contribution in [0.15, 0.2) is 48.5 Å². The zero-order valence-electron chi connectivity index (χ0n) is 18.8. The van der Waals surface area contributed by atoms with Crippen molar-refractivity contribution in [2.45, 2.75) is 71.8 Å². The molecule has 0 spiro atoms. The second-order valence-corrected chi connectivity index (χ2v) is 8.32. The van der Waals surface area contributed by atoms with Crippen LogP contribution in [-0.2, 0) is 11.3 Å². The highest BCUT2D eigenvalue weighted by Crippen LogP contribution is 2.33. The molecule has 0 aromatic heterocycles. The highest BCUT2D eigenvalue weighted by molar-refractivity contribution is 5.69. The zero-order chi connectivity index (χ0) is 22.3. The van der Waals surface area contributed by atoms with Gasteiger partial charge in [0.25, 0.3) is 0 Å². The van der Waals surface area contributed by atoms with Gasteiger partial charge in [-0.3, -0.25) is 0 Å². The molecule has 5 heteroatoms. The SMILES string of the molecule is CC.CC(C)(C)OC(=O)N1CCCC1C(O)c1cc(CO)cc(-c2ccccc2)c1. The maximum Gasteiger partial charge on any atom is 0.410 e. The second kappa shape index (κ2) is 10.6. The molecule has 1 fully saturated rings. The number of hydrogen-bond donors (Lipinski definition) is 2. The van der Waals surface area contributed by atoms with Gasteiger partial charge < -0.3 is 19.8 Å². The lowest BCUT2D eigenvalue weighted by atomic mass is 9.94. The number of aliphatic hydroxyl groups is 2. The molecule has 2 unspecified atom stereocenters. The molecule has 5 nitrogen and oxygen atoms in total. The summed E-state index contributed by atoms with van der Waals surface area (Å²) in [6, 6.07) is 15.2. The third-order valence-corrected chi connectivity index (χ3v) is 4.94. The number of amides is 1. The Labute approximate surface area is 180 Å². The van der Waals surface area contributed by atoms with Crippen LogP contribution >= 0.6 is 0 Å². The van der Waals surface area contributed by atoms with E-state index in [1.165, 1.54) is 0 Å². The van der Waals surface area contributed by atoms with Gasteiger partial charge in [-0.05, 0) is 68.0 Å². The molecule has 3 rings (SSSR count). The maximum absolute atomic E-state index is 12.6. The van der Waals surface area contributed by atoms with Crippen molar-refractivity contribution in [3.8, 4) is 11.1 Å². The van der Waals surface area contributed by atoms with E-state index in [1.54, 1.807) is 4.90 Å². The average molecular weight is 414 g/mol. The summed E-state index contributed by atoms with van der Waals surface area (Å²) in [6.45, 7) is 9.97. The Morgan fingerprint density at radius 2 is 1.80 bits per heavy atom. The Kier molecular flexibility index (Phi) is 8.44. The normalized spacial score (nSPS) is 17.2. The van der Waals surface area contributed by atoms with Crippen LogP contribution in [0.25, 0.3) is 11.1 Å². The van der Waals surface area contributed by atoms with Crippen LogP contribution in [0.4, 0.5) is 4.79 Å². The molecule has 1 aliphatic rings. The molecular formula is C25H35NO4. The lowest BCUT2D eigenvalue weighted by molar-refractivity contribution is 0.00488. The lowest BCUT2D eigenvalue weighted by Gasteiger charge is -2.31. The number of carbonyl (C=O) groups excluding carboxylic acids is 1. The standard InChI is InChI=1S/C23H29NO4.C2H6/c1-23(2,3)28-22(27)24-11-7-10-20(24)21(26)19-13-16(15-25)12-18(14-19)17-8-5-4-6-9-17;1-2/h4-6,8-9,12-14,20-21,25-26H,7,10-11,15H2,1-3H3;1-2H3. The number of likely N-dealkylation sites (tertiary alicyclic amines) is 1. The minimum absolute atomic E-state index is 0.110. The summed E-state index contributed by atoms with van der Waals surface area (Å²) in [5.41, 5.74) is 2.81. The number of hydrogen-bond acceptors (Lipinski definition) is 4. The first-order valence-electron chi connectivity index (χ1n) is 10.8. The zero-order valence-corrected chi connectivity index (χ0v) is 18.8. The molecule has 2 aromatic carbocycles. The molecule has 0 saturated carbocycles. The first-order chi connectivity index (χ1) is 14.3. The molecule has 1 heterocycles. The number of nitrogens with zero attached hydrogens (tertiary/aromatic N) is 1. The smallest absolute Gasteiger partial charge is 0.410 e. The molecule has 0 radical (unpaired) electrons. The molecular weight excluding hydrogens is 378 g/mol. The van der Waals surface area contributed by atoms with E-state index in [1.807, 2.05) is 83.1 Å². The Bertz CT molecular complexity index is 814. The third kappa shape index (κ3) is 6.07. The fourth-order valence-corrected chi connectivity index (χ4v) is 3.67. The van der Waals surface area contributed by atoms with Crippen LogP contribution in [0.1, 0.15) is 64.7 Å². The van der Waals surface area contributed by atoms with Crippen molar-refractivity contribution < 1.29 is 19.7 Å². The second-order valence-electron chi connectivity index (χ2n) is 8.32. The first-order valence-corrected chi connectivity index (χ1v) is 10.8. The molecule has 1 saturated heterocycles. The number of ether oxygens (including phenoxy) is 1. The van der Waals surface area contributed by atoms with E-state index in [4.69, 9.17) is 4.74 Å². The number of rotatable bonds is 4. The van der Waals surface area contributed by atoms with Gasteiger partial charge in [-0.2, -0.15) is 0 Å². The van der Waals surface area contributed by atoms with Crippen LogP contribution in [0.2, 0.25) is 0 Å². The lowest BCUT2D eigenvalue weighted by Crippen LogP contribution is -2.42. The quantitative estimate of drug-likeness (QED) is 0.713. The fraction of sp³-hybridized carbons (Fsp3) is 0.480. The van der Waals surface area contributed by atoms with Crippen molar-refractivity contribution in [3.63, 3.8) is 0 Å². The van der Waals surface area contributed by atoms with E-state index in [0.29, 0.717) is 18.5 Å². The van der Waals surface area contributed by atoms with Crippen LogP contribution in [-0.4, -0.2) is 39.4 Å². The van der Waals surface area contributed by atoms with Crippen molar-refractivity contribution >= 4 is 6.09 Å². The summed E-state index contributed by atoms with van der Waals surface area (Å²) in [6.07, 6.45) is 0.302. The number of carbonyl (C=O) groups is 1. The van der Waals surface area contributed by atoms with Crippen LogP contribution in [0, 0.1) is 0 Å². The average Bonchev–Trinajstić information content (AvgIpc) is 3.24. The van der Waals surface area contributed by atoms with Crippen molar-refractivity contribution in [3.05, 3.63) is 59.7 Å². The molecule has 1 amide bonds. The molecule has 2 aromatic rings. The van der Waals surface area contributed by atoms with E-state index in [9.17, 15) is 15.0 Å². The molecule has 2 N–H and O–H groups in total. The monoisotopic (exact) mass is 413 g/mol. The molecule has 2 atom stereocenters. The summed E-state index contributed by atoms with van der Waals surface area (Å²) in [5.74, 6) is 0. The minimum atomic E-state index is -0.844. The summed E-state index contributed by atoms with van der Waals surface area (Å²) < 4.78 is 5.51.